The normalized spacial score (nSPS) is 18.3. The Morgan fingerprint density at radius 1 is 1.67 bits per heavy atom. The summed E-state index contributed by atoms with van der Waals surface area (Å²) in [7, 11) is 0. The summed E-state index contributed by atoms with van der Waals surface area (Å²) in [5.74, 6) is 0.584. The summed E-state index contributed by atoms with van der Waals surface area (Å²) >= 11 is 3.31. The second-order valence-corrected chi connectivity index (χ2v) is 2.73. The maximum atomic E-state index is 5.41. The van der Waals surface area contributed by atoms with Crippen LogP contribution in [0.2, 0.25) is 0 Å². The number of rotatable bonds is 0. The molecule has 0 aromatic rings. The monoisotopic (exact) mass is 186 g/mol. The van der Waals surface area contributed by atoms with Crippen molar-refractivity contribution in [2.24, 2.45) is 10.7 Å². The van der Waals surface area contributed by atoms with E-state index in [9.17, 15) is 0 Å². The SMILES string of the molecule is NC1=NCC(Br)=CC=C1. The lowest BCUT2D eigenvalue weighted by Gasteiger charge is -1.88. The van der Waals surface area contributed by atoms with Gasteiger partial charge in [-0.1, -0.05) is 28.1 Å². The van der Waals surface area contributed by atoms with Gasteiger partial charge in [-0.25, -0.2) is 0 Å². The Hall–Kier alpha value is -0.570. The molecule has 2 nitrogen and oxygen atoms in total. The molecule has 0 bridgehead atoms. The van der Waals surface area contributed by atoms with E-state index in [-0.39, 0.29) is 0 Å². The molecule has 48 valence electrons. The maximum absolute atomic E-state index is 5.41. The van der Waals surface area contributed by atoms with Gasteiger partial charge in [0, 0.05) is 4.48 Å². The van der Waals surface area contributed by atoms with Gasteiger partial charge >= 0.3 is 0 Å². The van der Waals surface area contributed by atoms with E-state index in [1.807, 2.05) is 12.2 Å². The topological polar surface area (TPSA) is 38.4 Å². The van der Waals surface area contributed by atoms with Crippen LogP contribution in [0, 0.1) is 0 Å². The van der Waals surface area contributed by atoms with Gasteiger partial charge in [0.25, 0.3) is 0 Å². The quantitative estimate of drug-likeness (QED) is 0.607. The van der Waals surface area contributed by atoms with Crippen LogP contribution in [0.25, 0.3) is 0 Å². The lowest BCUT2D eigenvalue weighted by atomic mass is 10.4. The molecule has 0 atom stereocenters. The second kappa shape index (κ2) is 2.82. The van der Waals surface area contributed by atoms with Crippen molar-refractivity contribution in [1.29, 1.82) is 0 Å². The Kier molecular flexibility index (Phi) is 2.05. The van der Waals surface area contributed by atoms with Crippen LogP contribution >= 0.6 is 15.9 Å². The summed E-state index contributed by atoms with van der Waals surface area (Å²) in [6.45, 7) is 0.652. The number of amidine groups is 1. The van der Waals surface area contributed by atoms with Gasteiger partial charge in [0.05, 0.1) is 6.54 Å². The van der Waals surface area contributed by atoms with Crippen molar-refractivity contribution in [3.63, 3.8) is 0 Å². The van der Waals surface area contributed by atoms with E-state index in [1.54, 1.807) is 6.08 Å². The van der Waals surface area contributed by atoms with Crippen LogP contribution < -0.4 is 5.73 Å². The highest BCUT2D eigenvalue weighted by Crippen LogP contribution is 2.06. The van der Waals surface area contributed by atoms with Crippen molar-refractivity contribution < 1.29 is 0 Å². The molecule has 0 saturated carbocycles. The molecule has 0 aromatic heterocycles. The van der Waals surface area contributed by atoms with Crippen molar-refractivity contribution in [1.82, 2.24) is 0 Å². The van der Waals surface area contributed by atoms with E-state index in [0.29, 0.717) is 12.4 Å². The largest absolute Gasteiger partial charge is 0.384 e. The van der Waals surface area contributed by atoms with Gasteiger partial charge in [0.2, 0.25) is 0 Å². The average molecular weight is 187 g/mol. The number of hydrogen-bond acceptors (Lipinski definition) is 2. The number of hydrogen-bond donors (Lipinski definition) is 1. The number of nitrogens with two attached hydrogens (primary N) is 1. The first-order chi connectivity index (χ1) is 4.29. The minimum absolute atomic E-state index is 0.584. The number of halogens is 1. The fourth-order valence-corrected chi connectivity index (χ4v) is 0.801. The van der Waals surface area contributed by atoms with Crippen LogP contribution in [-0.2, 0) is 0 Å². The molecule has 0 saturated heterocycles. The molecular formula is C6H7BrN2. The Morgan fingerprint density at radius 2 is 2.44 bits per heavy atom. The molecule has 1 aliphatic rings. The van der Waals surface area contributed by atoms with Gasteiger partial charge in [-0.2, -0.15) is 0 Å². The van der Waals surface area contributed by atoms with Crippen LogP contribution in [0.5, 0.6) is 0 Å². The number of aliphatic imine (C=N–C) groups is 1. The molecular weight excluding hydrogens is 180 g/mol. The molecule has 0 fully saturated rings. The summed E-state index contributed by atoms with van der Waals surface area (Å²) in [6, 6.07) is 0. The smallest absolute Gasteiger partial charge is 0.118 e. The lowest BCUT2D eigenvalue weighted by molar-refractivity contribution is 1.23. The van der Waals surface area contributed by atoms with E-state index < -0.39 is 0 Å². The van der Waals surface area contributed by atoms with Crippen LogP contribution in [0.15, 0.2) is 27.7 Å². The van der Waals surface area contributed by atoms with Gasteiger partial charge in [0.1, 0.15) is 5.84 Å². The third kappa shape index (κ3) is 2.01. The van der Waals surface area contributed by atoms with E-state index in [2.05, 4.69) is 20.9 Å². The van der Waals surface area contributed by atoms with Gasteiger partial charge in [0.15, 0.2) is 0 Å². The van der Waals surface area contributed by atoms with Crippen LogP contribution in [0.1, 0.15) is 0 Å². The second-order valence-electron chi connectivity index (χ2n) is 1.71. The van der Waals surface area contributed by atoms with Gasteiger partial charge in [-0.05, 0) is 6.08 Å². The van der Waals surface area contributed by atoms with E-state index in [4.69, 9.17) is 5.73 Å². The summed E-state index contributed by atoms with van der Waals surface area (Å²) in [5.41, 5.74) is 5.41. The first-order valence-electron chi connectivity index (χ1n) is 2.62. The van der Waals surface area contributed by atoms with E-state index in [1.165, 1.54) is 0 Å². The summed E-state index contributed by atoms with van der Waals surface area (Å²) in [5, 5.41) is 0. The van der Waals surface area contributed by atoms with Gasteiger partial charge in [-0.3, -0.25) is 4.99 Å². The highest BCUT2D eigenvalue weighted by atomic mass is 79.9. The lowest BCUT2D eigenvalue weighted by Crippen LogP contribution is -2.07. The average Bonchev–Trinajstić information content (AvgIpc) is 1.97. The predicted octanol–water partition coefficient (Wildman–Crippen LogP) is 1.19. The molecule has 0 radical (unpaired) electrons. The molecule has 0 aromatic carbocycles. The Balaban J connectivity index is 2.75. The van der Waals surface area contributed by atoms with E-state index in [0.717, 1.165) is 4.48 Å². The molecule has 9 heavy (non-hydrogen) atoms. The molecule has 0 unspecified atom stereocenters. The minimum atomic E-state index is 0.584. The highest BCUT2D eigenvalue weighted by Gasteiger charge is 1.91. The predicted molar refractivity (Wildman–Crippen MR) is 42.6 cm³/mol. The zero-order chi connectivity index (χ0) is 6.69. The summed E-state index contributed by atoms with van der Waals surface area (Å²) in [4.78, 5) is 4.00. The highest BCUT2D eigenvalue weighted by molar-refractivity contribution is 9.11. The summed E-state index contributed by atoms with van der Waals surface area (Å²) < 4.78 is 1.05. The van der Waals surface area contributed by atoms with E-state index >= 15 is 0 Å². The first-order valence-corrected chi connectivity index (χ1v) is 3.41. The van der Waals surface area contributed by atoms with Crippen molar-refractivity contribution in [3.8, 4) is 0 Å². The van der Waals surface area contributed by atoms with Crippen molar-refractivity contribution >= 4 is 21.8 Å². The molecule has 1 rings (SSSR count). The number of allylic oxidation sites excluding steroid dienone is 2. The third-order valence-corrected chi connectivity index (χ3v) is 1.47. The van der Waals surface area contributed by atoms with Gasteiger partial charge < -0.3 is 5.73 Å². The maximum Gasteiger partial charge on any atom is 0.118 e. The summed E-state index contributed by atoms with van der Waals surface area (Å²) in [6.07, 6.45) is 5.58. The fraction of sp³-hybridized carbons (Fsp3) is 0.167. The molecule has 0 amide bonds. The Labute approximate surface area is 62.3 Å². The van der Waals surface area contributed by atoms with Crippen LogP contribution in [0.3, 0.4) is 0 Å². The molecule has 1 heterocycles. The van der Waals surface area contributed by atoms with Gasteiger partial charge in [-0.15, -0.1) is 0 Å². The Morgan fingerprint density at radius 3 is 3.22 bits per heavy atom. The van der Waals surface area contributed by atoms with Crippen LogP contribution in [-0.4, -0.2) is 12.4 Å². The molecule has 0 aliphatic carbocycles. The fourth-order valence-electron chi connectivity index (χ4n) is 0.523. The minimum Gasteiger partial charge on any atom is -0.384 e. The van der Waals surface area contributed by atoms with Crippen LogP contribution in [0.4, 0.5) is 0 Å². The first kappa shape index (κ1) is 6.55. The zero-order valence-corrected chi connectivity index (χ0v) is 6.43. The zero-order valence-electron chi connectivity index (χ0n) is 4.84. The standard InChI is InChI=1S/C6H7BrN2/c7-5-2-1-3-6(8)9-4-5/h1-3H,4H2,(H2,8,9). The Bertz CT molecular complexity index is 188. The molecule has 3 heteroatoms. The molecule has 1 aliphatic heterocycles. The molecule has 2 N–H and O–H groups in total. The number of nitrogens with zero attached hydrogens (tertiary/aromatic N) is 1. The van der Waals surface area contributed by atoms with Crippen molar-refractivity contribution in [3.05, 3.63) is 22.7 Å². The van der Waals surface area contributed by atoms with Crippen molar-refractivity contribution in [2.45, 2.75) is 0 Å². The molecule has 0 spiro atoms. The third-order valence-electron chi connectivity index (χ3n) is 0.957. The van der Waals surface area contributed by atoms with Crippen molar-refractivity contribution in [2.75, 3.05) is 6.54 Å².